The summed E-state index contributed by atoms with van der Waals surface area (Å²) >= 11 is 0. The van der Waals surface area contributed by atoms with Crippen molar-refractivity contribution in [1.82, 2.24) is 5.32 Å². The van der Waals surface area contributed by atoms with Crippen molar-refractivity contribution in [2.24, 2.45) is 0 Å². The molecule has 0 rings (SSSR count). The highest BCUT2D eigenvalue weighted by molar-refractivity contribution is 4.86. The van der Waals surface area contributed by atoms with Crippen molar-refractivity contribution in [1.29, 1.82) is 0 Å². The van der Waals surface area contributed by atoms with E-state index in [1.54, 1.807) is 0 Å². The van der Waals surface area contributed by atoms with Crippen molar-refractivity contribution in [3.05, 3.63) is 0 Å². The number of nitrogens with one attached hydrogen (secondary N) is 1. The summed E-state index contributed by atoms with van der Waals surface area (Å²) < 4.78 is 0. The van der Waals surface area contributed by atoms with Crippen LogP contribution in [-0.4, -0.2) is 24.8 Å². The van der Waals surface area contributed by atoms with Gasteiger partial charge in [-0.2, -0.15) is 0 Å². The molecule has 2 nitrogen and oxygen atoms in total. The van der Waals surface area contributed by atoms with Crippen molar-refractivity contribution in [2.75, 3.05) is 19.7 Å². The number of rotatable bonds is 3. The highest BCUT2D eigenvalue weighted by atomic mass is 16.3. The van der Waals surface area contributed by atoms with Gasteiger partial charge in [0.05, 0.1) is 13.2 Å². The average Bonchev–Trinajstić information content (AvgIpc) is 1.69. The Morgan fingerprint density at radius 1 is 1.71 bits per heavy atom. The van der Waals surface area contributed by atoms with Gasteiger partial charge in [-0.15, -0.1) is 6.42 Å². The topological polar surface area (TPSA) is 32.3 Å². The molecule has 0 atom stereocenters. The van der Waals surface area contributed by atoms with Crippen molar-refractivity contribution < 1.29 is 5.11 Å². The first-order chi connectivity index (χ1) is 3.41. The van der Waals surface area contributed by atoms with Gasteiger partial charge >= 0.3 is 0 Å². The van der Waals surface area contributed by atoms with Gasteiger partial charge in [-0.3, -0.25) is 0 Å². The maximum absolute atomic E-state index is 8.16. The molecule has 0 radical (unpaired) electrons. The molecular weight excluding hydrogens is 90.1 g/mol. The van der Waals surface area contributed by atoms with Crippen LogP contribution in [0.4, 0.5) is 0 Å². The fraction of sp³-hybridized carbons (Fsp3) is 0.600. The third-order valence-corrected chi connectivity index (χ3v) is 0.516. The van der Waals surface area contributed by atoms with Gasteiger partial charge < -0.3 is 10.4 Å². The molecule has 0 spiro atoms. The molecule has 0 bridgehead atoms. The lowest BCUT2D eigenvalue weighted by molar-refractivity contribution is 0.295. The molecule has 0 aliphatic rings. The minimum atomic E-state index is 0.154. The molecule has 0 saturated heterocycles. The average molecular weight is 99.1 g/mol. The SMILES string of the molecule is C#CCNCCO. The standard InChI is InChI=1S/C5H9NO/c1-2-3-6-4-5-7/h1,6-7H,3-5H2. The highest BCUT2D eigenvalue weighted by Gasteiger charge is 1.74. The molecule has 0 fully saturated rings. The van der Waals surface area contributed by atoms with E-state index in [0.29, 0.717) is 13.1 Å². The summed E-state index contributed by atoms with van der Waals surface area (Å²) in [5.41, 5.74) is 0. The van der Waals surface area contributed by atoms with Gasteiger partial charge in [-0.1, -0.05) is 5.92 Å². The maximum Gasteiger partial charge on any atom is 0.0574 e. The van der Waals surface area contributed by atoms with Crippen LogP contribution >= 0.6 is 0 Å². The van der Waals surface area contributed by atoms with Crippen molar-refractivity contribution in [3.8, 4) is 12.3 Å². The quantitative estimate of drug-likeness (QED) is 0.358. The van der Waals surface area contributed by atoms with Gasteiger partial charge in [0.2, 0.25) is 0 Å². The van der Waals surface area contributed by atoms with E-state index >= 15 is 0 Å². The molecular formula is C5H9NO. The van der Waals surface area contributed by atoms with Crippen LogP contribution < -0.4 is 5.32 Å². The summed E-state index contributed by atoms with van der Waals surface area (Å²) in [5, 5.41) is 11.0. The van der Waals surface area contributed by atoms with Crippen LogP contribution in [0.5, 0.6) is 0 Å². The van der Waals surface area contributed by atoms with Crippen LogP contribution in [0.1, 0.15) is 0 Å². The van der Waals surface area contributed by atoms with Gasteiger partial charge in [0.25, 0.3) is 0 Å². The van der Waals surface area contributed by atoms with Gasteiger partial charge in [-0.25, -0.2) is 0 Å². The van der Waals surface area contributed by atoms with Gasteiger partial charge in [0, 0.05) is 6.54 Å². The second-order valence-corrected chi connectivity index (χ2v) is 1.10. The summed E-state index contributed by atoms with van der Waals surface area (Å²) in [6.07, 6.45) is 4.88. The fourth-order valence-electron chi connectivity index (χ4n) is 0.240. The molecule has 0 unspecified atom stereocenters. The van der Waals surface area contributed by atoms with E-state index in [1.165, 1.54) is 0 Å². The van der Waals surface area contributed by atoms with E-state index < -0.39 is 0 Å². The lowest BCUT2D eigenvalue weighted by atomic mass is 10.6. The highest BCUT2D eigenvalue weighted by Crippen LogP contribution is 1.52. The fourth-order valence-corrected chi connectivity index (χ4v) is 0.240. The Kier molecular flexibility index (Phi) is 5.07. The van der Waals surface area contributed by atoms with Gasteiger partial charge in [-0.05, 0) is 0 Å². The smallest absolute Gasteiger partial charge is 0.0574 e. The van der Waals surface area contributed by atoms with Crippen LogP contribution in [0.25, 0.3) is 0 Å². The third kappa shape index (κ3) is 5.48. The second kappa shape index (κ2) is 5.48. The summed E-state index contributed by atoms with van der Waals surface area (Å²) in [5.74, 6) is 2.38. The number of aliphatic hydroxyl groups excluding tert-OH is 1. The Bertz CT molecular complexity index is 65.0. The lowest BCUT2D eigenvalue weighted by Crippen LogP contribution is -2.17. The summed E-state index contributed by atoms with van der Waals surface area (Å²) in [6, 6.07) is 0. The monoisotopic (exact) mass is 99.1 g/mol. The first-order valence-electron chi connectivity index (χ1n) is 2.17. The number of hydrogen-bond donors (Lipinski definition) is 2. The zero-order valence-electron chi connectivity index (χ0n) is 4.15. The lowest BCUT2D eigenvalue weighted by Gasteiger charge is -1.91. The Hall–Kier alpha value is -0.520. The molecule has 0 aromatic rings. The van der Waals surface area contributed by atoms with Crippen LogP contribution in [0.15, 0.2) is 0 Å². The van der Waals surface area contributed by atoms with Crippen LogP contribution in [-0.2, 0) is 0 Å². The van der Waals surface area contributed by atoms with E-state index in [4.69, 9.17) is 11.5 Å². The molecule has 0 aromatic carbocycles. The van der Waals surface area contributed by atoms with E-state index in [2.05, 4.69) is 11.2 Å². The number of hydrogen-bond acceptors (Lipinski definition) is 2. The first-order valence-corrected chi connectivity index (χ1v) is 2.17. The van der Waals surface area contributed by atoms with Crippen molar-refractivity contribution >= 4 is 0 Å². The number of aliphatic hydroxyl groups is 1. The first kappa shape index (κ1) is 6.48. The van der Waals surface area contributed by atoms with E-state index in [1.807, 2.05) is 0 Å². The van der Waals surface area contributed by atoms with E-state index in [0.717, 1.165) is 0 Å². The Balaban J connectivity index is 2.60. The molecule has 0 aromatic heterocycles. The van der Waals surface area contributed by atoms with Gasteiger partial charge in [0.1, 0.15) is 0 Å². The number of terminal acetylenes is 1. The van der Waals surface area contributed by atoms with Gasteiger partial charge in [0.15, 0.2) is 0 Å². The van der Waals surface area contributed by atoms with E-state index in [-0.39, 0.29) is 6.61 Å². The Labute approximate surface area is 43.5 Å². The summed E-state index contributed by atoms with van der Waals surface area (Å²) in [6.45, 7) is 1.28. The molecule has 7 heavy (non-hydrogen) atoms. The Morgan fingerprint density at radius 3 is 2.86 bits per heavy atom. The van der Waals surface area contributed by atoms with Crippen LogP contribution in [0.3, 0.4) is 0 Å². The maximum atomic E-state index is 8.16. The third-order valence-electron chi connectivity index (χ3n) is 0.516. The minimum Gasteiger partial charge on any atom is -0.395 e. The molecule has 0 amide bonds. The molecule has 40 valence electrons. The molecule has 0 saturated carbocycles. The predicted molar refractivity (Wildman–Crippen MR) is 28.8 cm³/mol. The second-order valence-electron chi connectivity index (χ2n) is 1.10. The predicted octanol–water partition coefficient (Wildman–Crippen LogP) is -0.798. The van der Waals surface area contributed by atoms with Crippen molar-refractivity contribution in [3.63, 3.8) is 0 Å². The summed E-state index contributed by atoms with van der Waals surface area (Å²) in [7, 11) is 0. The molecule has 2 heteroatoms. The van der Waals surface area contributed by atoms with Crippen LogP contribution in [0.2, 0.25) is 0 Å². The molecule has 0 aliphatic carbocycles. The zero-order valence-corrected chi connectivity index (χ0v) is 4.15. The molecule has 0 heterocycles. The molecule has 2 N–H and O–H groups in total. The molecule has 0 aliphatic heterocycles. The van der Waals surface area contributed by atoms with Crippen molar-refractivity contribution in [2.45, 2.75) is 0 Å². The largest absolute Gasteiger partial charge is 0.395 e. The van der Waals surface area contributed by atoms with Crippen LogP contribution in [0, 0.1) is 12.3 Å². The Morgan fingerprint density at radius 2 is 2.43 bits per heavy atom. The normalized spacial score (nSPS) is 8.00. The minimum absolute atomic E-state index is 0.154. The summed E-state index contributed by atoms with van der Waals surface area (Å²) in [4.78, 5) is 0. The zero-order chi connectivity index (χ0) is 5.54. The van der Waals surface area contributed by atoms with E-state index in [9.17, 15) is 0 Å².